The third-order valence-corrected chi connectivity index (χ3v) is 5.10. The summed E-state index contributed by atoms with van der Waals surface area (Å²) in [6.45, 7) is 8.76. The van der Waals surface area contributed by atoms with Crippen molar-refractivity contribution in [2.24, 2.45) is 5.92 Å². The molecule has 1 saturated heterocycles. The van der Waals surface area contributed by atoms with E-state index in [2.05, 4.69) is 55.3 Å². The second-order valence-corrected chi connectivity index (χ2v) is 8.24. The number of ether oxygens (including phenoxy) is 1. The van der Waals surface area contributed by atoms with Crippen LogP contribution in [0.2, 0.25) is 0 Å². The monoisotopic (exact) mass is 346 g/mol. The summed E-state index contributed by atoms with van der Waals surface area (Å²) in [5, 5.41) is 3.07. The van der Waals surface area contributed by atoms with E-state index in [1.165, 1.54) is 11.1 Å². The molecule has 1 aromatic carbocycles. The molecule has 4 nitrogen and oxygen atoms in total. The predicted octanol–water partition coefficient (Wildman–Crippen LogP) is 3.35. The molecule has 1 aliphatic heterocycles. The van der Waals surface area contributed by atoms with Crippen molar-refractivity contribution in [2.75, 3.05) is 33.8 Å². The van der Waals surface area contributed by atoms with Gasteiger partial charge < -0.3 is 15.0 Å². The van der Waals surface area contributed by atoms with E-state index >= 15 is 0 Å². The first kappa shape index (κ1) is 19.9. The Bertz CT molecular complexity index is 552. The highest BCUT2D eigenvalue weighted by Crippen LogP contribution is 2.40. The van der Waals surface area contributed by atoms with Crippen LogP contribution in [-0.2, 0) is 9.53 Å². The molecular weight excluding hydrogens is 312 g/mol. The summed E-state index contributed by atoms with van der Waals surface area (Å²) in [6, 6.07) is 8.68. The molecule has 1 heterocycles. The molecule has 25 heavy (non-hydrogen) atoms. The van der Waals surface area contributed by atoms with Gasteiger partial charge in [0.15, 0.2) is 0 Å². The van der Waals surface area contributed by atoms with E-state index in [-0.39, 0.29) is 17.4 Å². The fourth-order valence-electron chi connectivity index (χ4n) is 3.68. The Morgan fingerprint density at radius 2 is 2.00 bits per heavy atom. The summed E-state index contributed by atoms with van der Waals surface area (Å²) >= 11 is 0. The maximum atomic E-state index is 12.5. The number of benzene rings is 1. The molecule has 0 saturated carbocycles. The van der Waals surface area contributed by atoms with Gasteiger partial charge in [0.2, 0.25) is 5.91 Å². The molecule has 4 heteroatoms. The van der Waals surface area contributed by atoms with Gasteiger partial charge in [-0.05, 0) is 65.1 Å². The molecular formula is C21H34N2O2. The topological polar surface area (TPSA) is 41.6 Å². The third-order valence-electron chi connectivity index (χ3n) is 5.10. The van der Waals surface area contributed by atoms with Crippen molar-refractivity contribution in [3.63, 3.8) is 0 Å². The minimum Gasteiger partial charge on any atom is -0.376 e. The van der Waals surface area contributed by atoms with Crippen molar-refractivity contribution in [2.45, 2.75) is 51.6 Å². The molecule has 0 aromatic heterocycles. The number of aryl methyl sites for hydroxylation is 1. The molecule has 1 aromatic rings. The number of nitrogens with zero attached hydrogens (tertiary/aromatic N) is 1. The van der Waals surface area contributed by atoms with Gasteiger partial charge >= 0.3 is 0 Å². The molecule has 0 bridgehead atoms. The number of hydrogen-bond donors (Lipinski definition) is 1. The number of carbonyl (C=O) groups is 1. The number of carbonyl (C=O) groups excluding carboxylic acids is 1. The van der Waals surface area contributed by atoms with Crippen LogP contribution in [0.25, 0.3) is 0 Å². The van der Waals surface area contributed by atoms with E-state index in [1.54, 1.807) is 0 Å². The van der Waals surface area contributed by atoms with E-state index in [0.717, 1.165) is 26.0 Å². The van der Waals surface area contributed by atoms with Crippen LogP contribution in [0.4, 0.5) is 0 Å². The Kier molecular flexibility index (Phi) is 7.03. The number of hydrogen-bond acceptors (Lipinski definition) is 3. The summed E-state index contributed by atoms with van der Waals surface area (Å²) in [7, 11) is 4.04. The van der Waals surface area contributed by atoms with Crippen LogP contribution >= 0.6 is 0 Å². The van der Waals surface area contributed by atoms with Crippen molar-refractivity contribution in [1.29, 1.82) is 0 Å². The maximum absolute atomic E-state index is 12.5. The van der Waals surface area contributed by atoms with Crippen molar-refractivity contribution >= 4 is 5.91 Å². The van der Waals surface area contributed by atoms with Crippen LogP contribution in [-0.4, -0.2) is 50.2 Å². The summed E-state index contributed by atoms with van der Waals surface area (Å²) in [6.07, 6.45) is 2.57. The molecule has 0 radical (unpaired) electrons. The first-order valence-electron chi connectivity index (χ1n) is 9.39. The fraction of sp³-hybridized carbons (Fsp3) is 0.667. The number of amides is 1. The van der Waals surface area contributed by atoms with Crippen LogP contribution in [0.5, 0.6) is 0 Å². The van der Waals surface area contributed by atoms with Crippen molar-refractivity contribution < 1.29 is 9.53 Å². The van der Waals surface area contributed by atoms with Gasteiger partial charge in [-0.3, -0.25) is 4.79 Å². The third kappa shape index (κ3) is 6.44. The highest BCUT2D eigenvalue weighted by molar-refractivity contribution is 5.77. The lowest BCUT2D eigenvalue weighted by molar-refractivity contribution is -0.123. The standard InChI is InChI=1S/C21H34N2O2/c1-16-6-8-17(9-7-16)19(14-20(24)22-11-12-23(4)5)18-10-13-25-21(2,3)15-18/h6-9,18-19H,10-15H2,1-5H3,(H,22,24). The molecule has 1 aliphatic rings. The van der Waals surface area contributed by atoms with Gasteiger partial charge in [-0.1, -0.05) is 29.8 Å². The molecule has 1 N–H and O–H groups in total. The van der Waals surface area contributed by atoms with Gasteiger partial charge in [-0.2, -0.15) is 0 Å². The van der Waals surface area contributed by atoms with Gasteiger partial charge in [-0.25, -0.2) is 0 Å². The summed E-state index contributed by atoms with van der Waals surface area (Å²) in [5.74, 6) is 0.880. The molecule has 140 valence electrons. The Morgan fingerprint density at radius 3 is 2.60 bits per heavy atom. The maximum Gasteiger partial charge on any atom is 0.220 e. The van der Waals surface area contributed by atoms with E-state index in [4.69, 9.17) is 4.74 Å². The molecule has 2 atom stereocenters. The average molecular weight is 347 g/mol. The first-order valence-corrected chi connectivity index (χ1v) is 9.39. The highest BCUT2D eigenvalue weighted by atomic mass is 16.5. The SMILES string of the molecule is Cc1ccc(C(CC(=O)NCCN(C)C)C2CCOC(C)(C)C2)cc1. The van der Waals surface area contributed by atoms with Crippen molar-refractivity contribution in [3.05, 3.63) is 35.4 Å². The second-order valence-electron chi connectivity index (χ2n) is 8.24. The van der Waals surface area contributed by atoms with Crippen LogP contribution in [0.15, 0.2) is 24.3 Å². The minimum absolute atomic E-state index is 0.104. The number of likely N-dealkylation sites (N-methyl/N-ethyl adjacent to an activating group) is 1. The smallest absolute Gasteiger partial charge is 0.220 e. The summed E-state index contributed by atoms with van der Waals surface area (Å²) < 4.78 is 5.89. The molecule has 1 amide bonds. The minimum atomic E-state index is -0.104. The van der Waals surface area contributed by atoms with Crippen LogP contribution in [0.1, 0.15) is 50.2 Å². The van der Waals surface area contributed by atoms with Gasteiger partial charge in [0.25, 0.3) is 0 Å². The zero-order valence-corrected chi connectivity index (χ0v) is 16.5. The molecule has 1 fully saturated rings. The number of rotatable bonds is 7. The molecule has 2 unspecified atom stereocenters. The fourth-order valence-corrected chi connectivity index (χ4v) is 3.68. The van der Waals surface area contributed by atoms with E-state index in [1.807, 2.05) is 14.1 Å². The van der Waals surface area contributed by atoms with Crippen molar-refractivity contribution in [1.82, 2.24) is 10.2 Å². The highest BCUT2D eigenvalue weighted by Gasteiger charge is 2.35. The molecule has 0 spiro atoms. The summed E-state index contributed by atoms with van der Waals surface area (Å²) in [4.78, 5) is 14.6. The molecule has 2 rings (SSSR count). The Labute approximate surface area is 152 Å². The van der Waals surface area contributed by atoms with Crippen molar-refractivity contribution in [3.8, 4) is 0 Å². The largest absolute Gasteiger partial charge is 0.376 e. The second kappa shape index (κ2) is 8.81. The molecule has 0 aliphatic carbocycles. The van der Waals surface area contributed by atoms with Crippen LogP contribution in [0.3, 0.4) is 0 Å². The van der Waals surface area contributed by atoms with E-state index < -0.39 is 0 Å². The summed E-state index contributed by atoms with van der Waals surface area (Å²) in [5.41, 5.74) is 2.43. The van der Waals surface area contributed by atoms with Crippen LogP contribution < -0.4 is 5.32 Å². The quantitative estimate of drug-likeness (QED) is 0.823. The predicted molar refractivity (Wildman–Crippen MR) is 103 cm³/mol. The lowest BCUT2D eigenvalue weighted by Gasteiger charge is -2.39. The Morgan fingerprint density at radius 1 is 1.32 bits per heavy atom. The van der Waals surface area contributed by atoms with Gasteiger partial charge in [0.05, 0.1) is 5.60 Å². The van der Waals surface area contributed by atoms with Gasteiger partial charge in [0, 0.05) is 26.1 Å². The van der Waals surface area contributed by atoms with E-state index in [0.29, 0.717) is 18.9 Å². The lowest BCUT2D eigenvalue weighted by Crippen LogP contribution is -2.38. The normalized spacial score (nSPS) is 21.1. The lowest BCUT2D eigenvalue weighted by atomic mass is 9.75. The van der Waals surface area contributed by atoms with E-state index in [9.17, 15) is 4.79 Å². The zero-order valence-electron chi connectivity index (χ0n) is 16.5. The van der Waals surface area contributed by atoms with Gasteiger partial charge in [0.1, 0.15) is 0 Å². The Hall–Kier alpha value is -1.39. The average Bonchev–Trinajstić information content (AvgIpc) is 2.52. The zero-order chi connectivity index (χ0) is 18.4. The number of nitrogens with one attached hydrogen (secondary N) is 1. The van der Waals surface area contributed by atoms with Crippen LogP contribution in [0, 0.1) is 12.8 Å². The van der Waals surface area contributed by atoms with Gasteiger partial charge in [-0.15, -0.1) is 0 Å². The Balaban J connectivity index is 2.09. The first-order chi connectivity index (χ1) is 11.8.